The van der Waals surface area contributed by atoms with Crippen molar-refractivity contribution in [3.05, 3.63) is 16.6 Å². The SMILES string of the molecule is CCCCCCOCC(=O)NC(c1nccs1)C1CC1. The summed E-state index contributed by atoms with van der Waals surface area (Å²) in [5.74, 6) is 0.544. The Morgan fingerprint density at radius 1 is 1.50 bits per heavy atom. The number of amides is 1. The summed E-state index contributed by atoms with van der Waals surface area (Å²) in [7, 11) is 0. The number of nitrogens with zero attached hydrogens (tertiary/aromatic N) is 1. The van der Waals surface area contributed by atoms with Crippen molar-refractivity contribution in [2.75, 3.05) is 13.2 Å². The normalized spacial score (nSPS) is 16.1. The Kier molecular flexibility index (Phi) is 6.47. The van der Waals surface area contributed by atoms with Gasteiger partial charge in [-0.05, 0) is 25.2 Å². The number of nitrogens with one attached hydrogen (secondary N) is 1. The van der Waals surface area contributed by atoms with Crippen LogP contribution in [0.4, 0.5) is 0 Å². The van der Waals surface area contributed by atoms with Gasteiger partial charge in [-0.2, -0.15) is 0 Å². The molecule has 0 aromatic carbocycles. The van der Waals surface area contributed by atoms with Gasteiger partial charge in [0, 0.05) is 18.2 Å². The highest BCUT2D eigenvalue weighted by atomic mass is 32.1. The molecule has 1 aliphatic rings. The predicted molar refractivity (Wildman–Crippen MR) is 80.7 cm³/mol. The van der Waals surface area contributed by atoms with E-state index in [1.165, 1.54) is 32.1 Å². The number of rotatable bonds is 10. The highest BCUT2D eigenvalue weighted by Crippen LogP contribution is 2.41. The summed E-state index contributed by atoms with van der Waals surface area (Å²) in [6.07, 6.45) is 8.85. The molecule has 0 spiro atoms. The smallest absolute Gasteiger partial charge is 0.246 e. The fourth-order valence-corrected chi connectivity index (χ4v) is 2.99. The molecule has 1 saturated carbocycles. The molecule has 5 heteroatoms. The Hall–Kier alpha value is -0.940. The van der Waals surface area contributed by atoms with E-state index >= 15 is 0 Å². The first-order valence-electron chi connectivity index (χ1n) is 7.57. The number of ether oxygens (including phenoxy) is 1. The minimum Gasteiger partial charge on any atom is -0.372 e. The summed E-state index contributed by atoms with van der Waals surface area (Å²) in [6.45, 7) is 3.03. The van der Waals surface area contributed by atoms with Crippen LogP contribution in [-0.4, -0.2) is 24.1 Å². The van der Waals surface area contributed by atoms with Gasteiger partial charge in [0.15, 0.2) is 0 Å². The lowest BCUT2D eigenvalue weighted by Crippen LogP contribution is -2.32. The van der Waals surface area contributed by atoms with Crippen molar-refractivity contribution in [3.8, 4) is 0 Å². The topological polar surface area (TPSA) is 51.2 Å². The highest BCUT2D eigenvalue weighted by Gasteiger charge is 2.34. The zero-order chi connectivity index (χ0) is 14.2. The summed E-state index contributed by atoms with van der Waals surface area (Å²) in [5, 5.41) is 6.04. The van der Waals surface area contributed by atoms with Crippen LogP contribution in [0, 0.1) is 5.92 Å². The zero-order valence-electron chi connectivity index (χ0n) is 12.1. The molecule has 1 N–H and O–H groups in total. The van der Waals surface area contributed by atoms with Crippen LogP contribution in [0.3, 0.4) is 0 Å². The second kappa shape index (κ2) is 8.37. The number of carbonyl (C=O) groups excluding carboxylic acids is 1. The van der Waals surface area contributed by atoms with Crippen LogP contribution >= 0.6 is 11.3 Å². The average Bonchev–Trinajstić information content (AvgIpc) is 3.14. The Bertz CT molecular complexity index is 391. The maximum Gasteiger partial charge on any atom is 0.246 e. The molecule has 1 amide bonds. The maximum atomic E-state index is 11.9. The summed E-state index contributed by atoms with van der Waals surface area (Å²) in [5.41, 5.74) is 0. The lowest BCUT2D eigenvalue weighted by molar-refractivity contribution is -0.126. The molecular weight excluding hydrogens is 272 g/mol. The van der Waals surface area contributed by atoms with Crippen molar-refractivity contribution in [3.63, 3.8) is 0 Å². The summed E-state index contributed by atoms with van der Waals surface area (Å²) < 4.78 is 5.43. The molecule has 0 aliphatic heterocycles. The first-order chi connectivity index (χ1) is 9.81. The Labute approximate surface area is 124 Å². The standard InChI is InChI=1S/C15H24N2O2S/c1-2-3-4-5-9-19-11-13(18)17-14(12-6-7-12)15-16-8-10-20-15/h8,10,12,14H,2-7,9,11H2,1H3,(H,17,18). The van der Waals surface area contributed by atoms with Crippen molar-refractivity contribution in [2.45, 2.75) is 51.5 Å². The van der Waals surface area contributed by atoms with Crippen molar-refractivity contribution >= 4 is 17.2 Å². The average molecular weight is 296 g/mol. The number of hydrogen-bond donors (Lipinski definition) is 1. The number of hydrogen-bond acceptors (Lipinski definition) is 4. The lowest BCUT2D eigenvalue weighted by atomic mass is 10.2. The van der Waals surface area contributed by atoms with Crippen LogP contribution in [-0.2, 0) is 9.53 Å². The van der Waals surface area contributed by atoms with E-state index in [4.69, 9.17) is 4.74 Å². The fraction of sp³-hybridized carbons (Fsp3) is 0.733. The van der Waals surface area contributed by atoms with Crippen LogP contribution in [0.1, 0.15) is 56.5 Å². The number of thiazole rings is 1. The quantitative estimate of drug-likeness (QED) is 0.674. The molecule has 0 radical (unpaired) electrons. The van der Waals surface area contributed by atoms with E-state index in [9.17, 15) is 4.79 Å². The van der Waals surface area contributed by atoms with Gasteiger partial charge in [0.1, 0.15) is 11.6 Å². The molecule has 1 atom stereocenters. The van der Waals surface area contributed by atoms with E-state index in [0.29, 0.717) is 12.5 Å². The largest absolute Gasteiger partial charge is 0.372 e. The van der Waals surface area contributed by atoms with Crippen LogP contribution in [0.2, 0.25) is 0 Å². The molecule has 1 heterocycles. The minimum absolute atomic E-state index is 0.0207. The first kappa shape index (κ1) is 15.4. The molecule has 1 unspecified atom stereocenters. The van der Waals surface area contributed by atoms with Crippen molar-refractivity contribution in [2.24, 2.45) is 5.92 Å². The van der Waals surface area contributed by atoms with E-state index in [-0.39, 0.29) is 18.6 Å². The summed E-state index contributed by atoms with van der Waals surface area (Å²) in [6, 6.07) is 0.0891. The predicted octanol–water partition coefficient (Wildman–Crippen LogP) is 3.31. The van der Waals surface area contributed by atoms with Gasteiger partial charge in [0.25, 0.3) is 0 Å². The lowest BCUT2D eigenvalue weighted by Gasteiger charge is -2.15. The summed E-state index contributed by atoms with van der Waals surface area (Å²) >= 11 is 1.61. The van der Waals surface area contributed by atoms with Gasteiger partial charge >= 0.3 is 0 Å². The molecule has 1 aromatic rings. The Morgan fingerprint density at radius 3 is 3.00 bits per heavy atom. The van der Waals surface area contributed by atoms with Gasteiger partial charge < -0.3 is 10.1 Å². The van der Waals surface area contributed by atoms with Crippen LogP contribution in [0.15, 0.2) is 11.6 Å². The van der Waals surface area contributed by atoms with Crippen molar-refractivity contribution in [1.29, 1.82) is 0 Å². The molecule has 1 aromatic heterocycles. The van der Waals surface area contributed by atoms with Gasteiger partial charge in [-0.3, -0.25) is 4.79 Å². The number of unbranched alkanes of at least 4 members (excludes halogenated alkanes) is 3. The first-order valence-corrected chi connectivity index (χ1v) is 8.45. The third-order valence-electron chi connectivity index (χ3n) is 3.50. The molecule has 2 rings (SSSR count). The van der Waals surface area contributed by atoms with E-state index in [2.05, 4.69) is 17.2 Å². The van der Waals surface area contributed by atoms with Gasteiger partial charge in [0.2, 0.25) is 5.91 Å². The monoisotopic (exact) mass is 296 g/mol. The van der Waals surface area contributed by atoms with E-state index in [0.717, 1.165) is 11.4 Å². The third-order valence-corrected chi connectivity index (χ3v) is 4.36. The van der Waals surface area contributed by atoms with Gasteiger partial charge in [-0.25, -0.2) is 4.98 Å². The number of carbonyl (C=O) groups is 1. The molecule has 1 aliphatic carbocycles. The molecule has 112 valence electrons. The molecular formula is C15H24N2O2S. The van der Waals surface area contributed by atoms with Gasteiger partial charge in [-0.15, -0.1) is 11.3 Å². The minimum atomic E-state index is -0.0207. The molecule has 4 nitrogen and oxygen atoms in total. The highest BCUT2D eigenvalue weighted by molar-refractivity contribution is 7.09. The van der Waals surface area contributed by atoms with Crippen molar-refractivity contribution in [1.82, 2.24) is 10.3 Å². The van der Waals surface area contributed by atoms with Gasteiger partial charge in [0.05, 0.1) is 6.04 Å². The summed E-state index contributed by atoms with van der Waals surface area (Å²) in [4.78, 5) is 16.2. The molecule has 1 fully saturated rings. The zero-order valence-corrected chi connectivity index (χ0v) is 13.0. The third kappa shape index (κ3) is 5.21. The molecule has 20 heavy (non-hydrogen) atoms. The van der Waals surface area contributed by atoms with Crippen LogP contribution < -0.4 is 5.32 Å². The number of aromatic nitrogens is 1. The molecule has 0 bridgehead atoms. The Morgan fingerprint density at radius 2 is 2.35 bits per heavy atom. The van der Waals surface area contributed by atoms with E-state index in [1.54, 1.807) is 17.5 Å². The van der Waals surface area contributed by atoms with Gasteiger partial charge in [-0.1, -0.05) is 26.2 Å². The van der Waals surface area contributed by atoms with Crippen LogP contribution in [0.25, 0.3) is 0 Å². The van der Waals surface area contributed by atoms with Crippen LogP contribution in [0.5, 0.6) is 0 Å². The second-order valence-electron chi connectivity index (χ2n) is 5.37. The van der Waals surface area contributed by atoms with E-state index < -0.39 is 0 Å². The fourth-order valence-electron chi connectivity index (χ4n) is 2.21. The second-order valence-corrected chi connectivity index (χ2v) is 6.29. The van der Waals surface area contributed by atoms with Crippen molar-refractivity contribution < 1.29 is 9.53 Å². The molecule has 0 saturated heterocycles. The Balaban J connectivity index is 1.65. The van der Waals surface area contributed by atoms with E-state index in [1.807, 2.05) is 5.38 Å². The maximum absolute atomic E-state index is 11.9.